The van der Waals surface area contributed by atoms with Gasteiger partial charge in [-0.05, 0) is 63.3 Å². The third-order valence-corrected chi connectivity index (χ3v) is 5.86. The maximum Gasteiger partial charge on any atom is 0.144 e. The number of nitrogens with zero attached hydrogens (tertiary/aromatic N) is 3. The van der Waals surface area contributed by atoms with Gasteiger partial charge in [-0.1, -0.05) is 17.7 Å². The number of fused-ring (bicyclic) bond motifs is 1. The molecule has 31 heavy (non-hydrogen) atoms. The quantitative estimate of drug-likeness (QED) is 0.498. The average molecular weight is 442 g/mol. The first-order chi connectivity index (χ1) is 15.0. The third kappa shape index (κ3) is 4.89. The van der Waals surface area contributed by atoms with Crippen molar-refractivity contribution >= 4 is 39.7 Å². The summed E-state index contributed by atoms with van der Waals surface area (Å²) in [7, 11) is 3.80. The van der Waals surface area contributed by atoms with E-state index in [1.807, 2.05) is 18.3 Å². The van der Waals surface area contributed by atoms with Crippen LogP contribution >= 0.6 is 11.6 Å². The summed E-state index contributed by atoms with van der Waals surface area (Å²) in [5, 5.41) is 7.37. The molecule has 2 aromatic carbocycles. The van der Waals surface area contributed by atoms with Crippen LogP contribution in [0.3, 0.4) is 0 Å². The van der Waals surface area contributed by atoms with Gasteiger partial charge in [-0.25, -0.2) is 14.4 Å². The second kappa shape index (κ2) is 9.49. The Bertz CT molecular complexity index is 1110. The molecule has 2 N–H and O–H groups in total. The maximum atomic E-state index is 13.5. The number of nitrogens with one attached hydrogen (secondary N) is 2. The third-order valence-electron chi connectivity index (χ3n) is 5.58. The predicted octanol–water partition coefficient (Wildman–Crippen LogP) is 5.58. The van der Waals surface area contributed by atoms with Crippen molar-refractivity contribution in [3.05, 3.63) is 59.8 Å². The van der Waals surface area contributed by atoms with Crippen molar-refractivity contribution in [3.63, 3.8) is 0 Å². The number of rotatable bonds is 7. The summed E-state index contributed by atoms with van der Waals surface area (Å²) >= 11 is 5.91. The van der Waals surface area contributed by atoms with E-state index in [4.69, 9.17) is 16.3 Å². The molecule has 162 valence electrons. The van der Waals surface area contributed by atoms with Gasteiger partial charge in [0.1, 0.15) is 23.7 Å². The van der Waals surface area contributed by atoms with Crippen LogP contribution in [0.5, 0.6) is 5.75 Å². The van der Waals surface area contributed by atoms with Crippen LogP contribution in [0.25, 0.3) is 10.9 Å². The summed E-state index contributed by atoms with van der Waals surface area (Å²) in [5.74, 6) is 0.811. The van der Waals surface area contributed by atoms with E-state index in [1.54, 1.807) is 13.2 Å². The summed E-state index contributed by atoms with van der Waals surface area (Å²) in [6.45, 7) is 1.17. The lowest BCUT2D eigenvalue weighted by molar-refractivity contribution is 0.313. The van der Waals surface area contributed by atoms with E-state index >= 15 is 0 Å². The minimum Gasteiger partial charge on any atom is -0.494 e. The first-order valence-electron chi connectivity index (χ1n) is 10.2. The van der Waals surface area contributed by atoms with Crippen LogP contribution in [-0.2, 0) is 0 Å². The molecule has 8 heteroatoms. The number of likely N-dealkylation sites (tertiary alicyclic amines) is 1. The van der Waals surface area contributed by atoms with E-state index in [9.17, 15) is 4.39 Å². The molecule has 1 saturated heterocycles. The van der Waals surface area contributed by atoms with Gasteiger partial charge in [0, 0.05) is 23.2 Å². The lowest BCUT2D eigenvalue weighted by Gasteiger charge is -2.17. The number of hydrogen-bond donors (Lipinski definition) is 2. The number of aromatic nitrogens is 2. The van der Waals surface area contributed by atoms with Crippen LogP contribution in [0.1, 0.15) is 19.3 Å². The van der Waals surface area contributed by atoms with Gasteiger partial charge in [0.05, 0.1) is 23.3 Å². The van der Waals surface area contributed by atoms with Gasteiger partial charge < -0.3 is 20.3 Å². The predicted molar refractivity (Wildman–Crippen MR) is 124 cm³/mol. The van der Waals surface area contributed by atoms with E-state index in [-0.39, 0.29) is 5.02 Å². The second-order valence-corrected chi connectivity index (χ2v) is 8.01. The van der Waals surface area contributed by atoms with Crippen molar-refractivity contribution in [1.29, 1.82) is 0 Å². The molecule has 2 heterocycles. The Hall–Kier alpha value is -2.90. The van der Waals surface area contributed by atoms with Gasteiger partial charge in [-0.2, -0.15) is 0 Å². The molecular formula is C23H25ClFN5O. The van der Waals surface area contributed by atoms with E-state index < -0.39 is 5.82 Å². The molecule has 1 aliphatic heterocycles. The molecule has 0 saturated carbocycles. The highest BCUT2D eigenvalue weighted by Gasteiger charge is 2.19. The van der Waals surface area contributed by atoms with Crippen LogP contribution in [-0.4, -0.2) is 41.6 Å². The van der Waals surface area contributed by atoms with Crippen molar-refractivity contribution in [1.82, 2.24) is 14.9 Å². The number of ether oxygens (including phenoxy) is 1. The van der Waals surface area contributed by atoms with Crippen molar-refractivity contribution in [2.75, 3.05) is 31.3 Å². The lowest BCUT2D eigenvalue weighted by atomic mass is 10.1. The standard InChI is InChI=1S/C23H25ClFN5O/c1-30-10-4-6-16(30)5-3-9-26-21-12-17-20(13-22(21)31-2)27-14-28-23(17)29-15-7-8-19(25)18(24)11-15/h3,7-9,11-14,16,26H,4-6,10H2,1-2H3,(H,27,28,29)/b9-3+/t16-/m0/s1. The molecule has 1 aromatic heterocycles. The smallest absolute Gasteiger partial charge is 0.144 e. The Morgan fingerprint density at radius 2 is 2.16 bits per heavy atom. The molecule has 0 radical (unpaired) electrons. The first kappa shape index (κ1) is 21.3. The van der Waals surface area contributed by atoms with Gasteiger partial charge in [0.15, 0.2) is 0 Å². The molecule has 0 spiro atoms. The van der Waals surface area contributed by atoms with Crippen molar-refractivity contribution in [3.8, 4) is 5.75 Å². The zero-order valence-electron chi connectivity index (χ0n) is 17.5. The molecule has 0 unspecified atom stereocenters. The summed E-state index contributed by atoms with van der Waals surface area (Å²) in [6.07, 6.45) is 9.07. The van der Waals surface area contributed by atoms with Crippen LogP contribution in [0.2, 0.25) is 5.02 Å². The fraction of sp³-hybridized carbons (Fsp3) is 0.304. The van der Waals surface area contributed by atoms with Crippen molar-refractivity contribution in [2.45, 2.75) is 25.3 Å². The molecule has 4 rings (SSSR count). The number of benzene rings is 2. The molecule has 0 bridgehead atoms. The van der Waals surface area contributed by atoms with Gasteiger partial charge in [-0.3, -0.25) is 0 Å². The molecule has 1 fully saturated rings. The van der Waals surface area contributed by atoms with E-state index in [2.05, 4.69) is 38.6 Å². The number of anilines is 3. The van der Waals surface area contributed by atoms with E-state index in [0.29, 0.717) is 23.3 Å². The normalized spacial score (nSPS) is 16.8. The van der Waals surface area contributed by atoms with Gasteiger partial charge in [0.25, 0.3) is 0 Å². The molecular weight excluding hydrogens is 417 g/mol. The Labute approximate surface area is 186 Å². The zero-order chi connectivity index (χ0) is 21.8. The van der Waals surface area contributed by atoms with E-state index in [1.165, 1.54) is 37.8 Å². The largest absolute Gasteiger partial charge is 0.494 e. The number of methoxy groups -OCH3 is 1. The summed E-state index contributed by atoms with van der Waals surface area (Å²) in [6, 6.07) is 8.85. The summed E-state index contributed by atoms with van der Waals surface area (Å²) in [4.78, 5) is 11.1. The van der Waals surface area contributed by atoms with Gasteiger partial charge in [-0.15, -0.1) is 0 Å². The van der Waals surface area contributed by atoms with E-state index in [0.717, 1.165) is 23.0 Å². The number of hydrogen-bond acceptors (Lipinski definition) is 6. The van der Waals surface area contributed by atoms with Crippen molar-refractivity contribution in [2.24, 2.45) is 0 Å². The minimum absolute atomic E-state index is 0.0467. The molecule has 0 aliphatic carbocycles. The lowest BCUT2D eigenvalue weighted by Crippen LogP contribution is -2.23. The number of halogens is 2. The Balaban J connectivity index is 1.58. The fourth-order valence-electron chi connectivity index (χ4n) is 3.83. The Morgan fingerprint density at radius 3 is 2.90 bits per heavy atom. The first-order valence-corrected chi connectivity index (χ1v) is 10.6. The van der Waals surface area contributed by atoms with Crippen LogP contribution < -0.4 is 15.4 Å². The molecule has 1 aliphatic rings. The minimum atomic E-state index is -0.466. The zero-order valence-corrected chi connectivity index (χ0v) is 18.3. The molecule has 0 amide bonds. The molecule has 3 aromatic rings. The van der Waals surface area contributed by atoms with Crippen LogP contribution in [0.4, 0.5) is 21.6 Å². The van der Waals surface area contributed by atoms with Crippen LogP contribution in [0.15, 0.2) is 48.9 Å². The summed E-state index contributed by atoms with van der Waals surface area (Å²) < 4.78 is 19.0. The molecule has 1 atom stereocenters. The van der Waals surface area contributed by atoms with Gasteiger partial charge >= 0.3 is 0 Å². The fourth-order valence-corrected chi connectivity index (χ4v) is 4.01. The average Bonchev–Trinajstić information content (AvgIpc) is 3.18. The Kier molecular flexibility index (Phi) is 6.53. The topological polar surface area (TPSA) is 62.3 Å². The summed E-state index contributed by atoms with van der Waals surface area (Å²) in [5.41, 5.74) is 2.17. The SMILES string of the molecule is COc1cc2ncnc(Nc3ccc(F)c(Cl)c3)c2cc1N/C=C/C[C@H]1CCCN1C. The van der Waals surface area contributed by atoms with Crippen LogP contribution in [0, 0.1) is 5.82 Å². The maximum absolute atomic E-state index is 13.5. The highest BCUT2D eigenvalue weighted by Crippen LogP contribution is 2.33. The van der Waals surface area contributed by atoms with Crippen molar-refractivity contribution < 1.29 is 9.13 Å². The second-order valence-electron chi connectivity index (χ2n) is 7.60. The Morgan fingerprint density at radius 1 is 1.29 bits per heavy atom. The van der Waals surface area contributed by atoms with Gasteiger partial charge in [0.2, 0.25) is 0 Å². The highest BCUT2D eigenvalue weighted by atomic mass is 35.5. The molecule has 6 nitrogen and oxygen atoms in total. The highest BCUT2D eigenvalue weighted by molar-refractivity contribution is 6.31. The monoisotopic (exact) mass is 441 g/mol.